The van der Waals surface area contributed by atoms with Crippen molar-refractivity contribution >= 4 is 11.5 Å². The molecular formula is C15H23N3. The second-order valence-corrected chi connectivity index (χ2v) is 5.44. The third-order valence-corrected chi connectivity index (χ3v) is 3.88. The lowest BCUT2D eigenvalue weighted by Crippen LogP contribution is -2.24. The first kappa shape index (κ1) is 12.9. The van der Waals surface area contributed by atoms with E-state index in [-0.39, 0.29) is 5.84 Å². The van der Waals surface area contributed by atoms with Crippen LogP contribution >= 0.6 is 0 Å². The lowest BCUT2D eigenvalue weighted by atomic mass is 10.0. The van der Waals surface area contributed by atoms with Crippen molar-refractivity contribution in [1.29, 1.82) is 5.41 Å². The van der Waals surface area contributed by atoms with Gasteiger partial charge >= 0.3 is 0 Å². The van der Waals surface area contributed by atoms with E-state index in [2.05, 4.69) is 24.0 Å². The number of anilines is 1. The molecule has 1 fully saturated rings. The first-order valence-electron chi connectivity index (χ1n) is 6.78. The molecule has 1 aliphatic rings. The van der Waals surface area contributed by atoms with E-state index in [0.717, 1.165) is 30.1 Å². The van der Waals surface area contributed by atoms with Crippen molar-refractivity contribution in [3.05, 3.63) is 29.3 Å². The zero-order valence-corrected chi connectivity index (χ0v) is 11.4. The Morgan fingerprint density at radius 3 is 2.78 bits per heavy atom. The Morgan fingerprint density at radius 1 is 1.33 bits per heavy atom. The summed E-state index contributed by atoms with van der Waals surface area (Å²) in [5.74, 6) is 0.996. The van der Waals surface area contributed by atoms with Gasteiger partial charge in [-0.2, -0.15) is 0 Å². The number of nitrogen functional groups attached to an aromatic ring is 1. The van der Waals surface area contributed by atoms with E-state index >= 15 is 0 Å². The number of aryl methyl sites for hydroxylation is 1. The van der Waals surface area contributed by atoms with Gasteiger partial charge in [-0.15, -0.1) is 0 Å². The molecule has 0 saturated carbocycles. The Morgan fingerprint density at radius 2 is 2.11 bits per heavy atom. The zero-order chi connectivity index (χ0) is 13.1. The van der Waals surface area contributed by atoms with Crippen LogP contribution in [0.15, 0.2) is 18.2 Å². The number of hydrogen-bond acceptors (Lipinski definition) is 2. The molecule has 3 nitrogen and oxygen atoms in total. The predicted octanol–water partition coefficient (Wildman–Crippen LogP) is 2.91. The summed E-state index contributed by atoms with van der Waals surface area (Å²) in [5.41, 5.74) is 8.77. The van der Waals surface area contributed by atoms with Gasteiger partial charge < -0.3 is 10.6 Å². The molecule has 1 saturated heterocycles. The molecule has 1 atom stereocenters. The minimum Gasteiger partial charge on any atom is -0.384 e. The minimum absolute atomic E-state index is 0.156. The van der Waals surface area contributed by atoms with Gasteiger partial charge in [-0.3, -0.25) is 5.41 Å². The predicted molar refractivity (Wildman–Crippen MR) is 77.4 cm³/mol. The monoisotopic (exact) mass is 245 g/mol. The van der Waals surface area contributed by atoms with E-state index in [4.69, 9.17) is 11.1 Å². The van der Waals surface area contributed by atoms with Crippen LogP contribution in [0.5, 0.6) is 0 Å². The molecule has 2 rings (SSSR count). The van der Waals surface area contributed by atoms with Crippen molar-refractivity contribution in [2.75, 3.05) is 18.0 Å². The highest BCUT2D eigenvalue weighted by molar-refractivity contribution is 5.96. The van der Waals surface area contributed by atoms with Gasteiger partial charge in [-0.05, 0) is 55.9 Å². The third kappa shape index (κ3) is 2.84. The van der Waals surface area contributed by atoms with E-state index in [1.165, 1.54) is 24.9 Å². The molecule has 0 aromatic heterocycles. The van der Waals surface area contributed by atoms with Crippen molar-refractivity contribution in [2.24, 2.45) is 11.7 Å². The highest BCUT2D eigenvalue weighted by atomic mass is 15.1. The number of rotatable bonds is 2. The van der Waals surface area contributed by atoms with E-state index in [0.29, 0.717) is 0 Å². The second kappa shape index (κ2) is 5.42. The maximum atomic E-state index is 7.52. The minimum atomic E-state index is 0.156. The number of nitrogens with one attached hydrogen (secondary N) is 1. The average Bonchev–Trinajstić information content (AvgIpc) is 2.53. The second-order valence-electron chi connectivity index (χ2n) is 5.44. The molecule has 0 aliphatic carbocycles. The summed E-state index contributed by atoms with van der Waals surface area (Å²) in [4.78, 5) is 2.46. The van der Waals surface area contributed by atoms with Gasteiger partial charge in [0.05, 0.1) is 0 Å². The van der Waals surface area contributed by atoms with Gasteiger partial charge in [-0.25, -0.2) is 0 Å². The van der Waals surface area contributed by atoms with Crippen LogP contribution in [0.2, 0.25) is 0 Å². The molecule has 0 bridgehead atoms. The summed E-state index contributed by atoms with van der Waals surface area (Å²) in [6.07, 6.45) is 3.88. The molecule has 1 heterocycles. The van der Waals surface area contributed by atoms with E-state index in [9.17, 15) is 0 Å². The molecule has 1 unspecified atom stereocenters. The van der Waals surface area contributed by atoms with Crippen LogP contribution in [0, 0.1) is 18.3 Å². The fourth-order valence-corrected chi connectivity index (χ4v) is 2.67. The van der Waals surface area contributed by atoms with Crippen LogP contribution in [0.1, 0.15) is 37.3 Å². The highest BCUT2D eigenvalue weighted by Gasteiger charge is 2.14. The van der Waals surface area contributed by atoms with Crippen molar-refractivity contribution in [3.8, 4) is 0 Å². The van der Waals surface area contributed by atoms with E-state index in [1.807, 2.05) is 13.0 Å². The topological polar surface area (TPSA) is 53.1 Å². The SMILES string of the molecule is Cc1cc(N2CCCC(C)CC2)ccc1C(=N)N. The zero-order valence-electron chi connectivity index (χ0n) is 11.4. The molecule has 1 aromatic carbocycles. The molecule has 0 amide bonds. The average molecular weight is 245 g/mol. The van der Waals surface area contributed by atoms with Crippen LogP contribution in [0.4, 0.5) is 5.69 Å². The fourth-order valence-electron chi connectivity index (χ4n) is 2.67. The highest BCUT2D eigenvalue weighted by Crippen LogP contribution is 2.24. The van der Waals surface area contributed by atoms with Crippen molar-refractivity contribution in [2.45, 2.75) is 33.1 Å². The quantitative estimate of drug-likeness (QED) is 0.622. The molecule has 0 radical (unpaired) electrons. The first-order valence-corrected chi connectivity index (χ1v) is 6.78. The maximum absolute atomic E-state index is 7.52. The third-order valence-electron chi connectivity index (χ3n) is 3.88. The Bertz CT molecular complexity index is 439. The summed E-state index contributed by atoms with van der Waals surface area (Å²) >= 11 is 0. The van der Waals surface area contributed by atoms with Gasteiger partial charge in [0, 0.05) is 24.3 Å². The first-order chi connectivity index (χ1) is 8.58. The van der Waals surface area contributed by atoms with E-state index in [1.54, 1.807) is 0 Å². The molecule has 0 spiro atoms. The number of hydrogen-bond donors (Lipinski definition) is 2. The van der Waals surface area contributed by atoms with Crippen LogP contribution in [0.25, 0.3) is 0 Å². The van der Waals surface area contributed by atoms with Gasteiger partial charge in [-0.1, -0.05) is 6.92 Å². The van der Waals surface area contributed by atoms with Crippen LogP contribution < -0.4 is 10.6 Å². The Kier molecular flexibility index (Phi) is 3.90. The summed E-state index contributed by atoms with van der Waals surface area (Å²) < 4.78 is 0. The van der Waals surface area contributed by atoms with Crippen LogP contribution in [0.3, 0.4) is 0 Å². The van der Waals surface area contributed by atoms with Crippen molar-refractivity contribution in [3.63, 3.8) is 0 Å². The standard InChI is InChI=1S/C15H23N3/c1-11-4-3-8-18(9-7-11)13-5-6-14(15(16)17)12(2)10-13/h5-6,10-11H,3-4,7-9H2,1-2H3,(H3,16,17). The summed E-state index contributed by atoms with van der Waals surface area (Å²) in [6.45, 7) is 6.65. The Balaban J connectivity index is 2.18. The van der Waals surface area contributed by atoms with Gasteiger partial charge in [0.1, 0.15) is 5.84 Å². The summed E-state index contributed by atoms with van der Waals surface area (Å²) in [5, 5.41) is 7.52. The number of amidine groups is 1. The number of nitrogens with two attached hydrogens (primary N) is 1. The van der Waals surface area contributed by atoms with Gasteiger partial charge in [0.15, 0.2) is 0 Å². The number of nitrogens with zero attached hydrogens (tertiary/aromatic N) is 1. The maximum Gasteiger partial charge on any atom is 0.123 e. The molecule has 3 N–H and O–H groups in total. The summed E-state index contributed by atoms with van der Waals surface area (Å²) in [7, 11) is 0. The smallest absolute Gasteiger partial charge is 0.123 e. The van der Waals surface area contributed by atoms with Crippen LogP contribution in [-0.4, -0.2) is 18.9 Å². The molecule has 3 heteroatoms. The van der Waals surface area contributed by atoms with Crippen LogP contribution in [-0.2, 0) is 0 Å². The Labute approximate surface area is 109 Å². The molecular weight excluding hydrogens is 222 g/mol. The summed E-state index contributed by atoms with van der Waals surface area (Å²) in [6, 6.07) is 6.23. The molecule has 1 aromatic rings. The fraction of sp³-hybridized carbons (Fsp3) is 0.533. The van der Waals surface area contributed by atoms with Gasteiger partial charge in [0.2, 0.25) is 0 Å². The van der Waals surface area contributed by atoms with Crippen molar-refractivity contribution in [1.82, 2.24) is 0 Å². The Hall–Kier alpha value is -1.51. The van der Waals surface area contributed by atoms with E-state index < -0.39 is 0 Å². The van der Waals surface area contributed by atoms with Crippen molar-refractivity contribution < 1.29 is 0 Å². The number of benzene rings is 1. The lowest BCUT2D eigenvalue weighted by molar-refractivity contribution is 0.521. The lowest BCUT2D eigenvalue weighted by Gasteiger charge is -2.23. The molecule has 98 valence electrons. The largest absolute Gasteiger partial charge is 0.384 e. The molecule has 1 aliphatic heterocycles. The molecule has 18 heavy (non-hydrogen) atoms. The normalized spacial score (nSPS) is 20.6. The van der Waals surface area contributed by atoms with Gasteiger partial charge in [0.25, 0.3) is 0 Å².